The highest BCUT2D eigenvalue weighted by Gasteiger charge is 2.15. The summed E-state index contributed by atoms with van der Waals surface area (Å²) in [6.45, 7) is 0.433. The minimum absolute atomic E-state index is 0.128. The molecule has 0 atom stereocenters. The molecule has 156 valence electrons. The third-order valence-electron chi connectivity index (χ3n) is 4.85. The fourth-order valence-electron chi connectivity index (χ4n) is 3.38. The zero-order valence-electron chi connectivity index (χ0n) is 16.6. The molecule has 2 aromatic heterocycles. The first kappa shape index (κ1) is 20.2. The predicted octanol–water partition coefficient (Wildman–Crippen LogP) is 3.76. The molecule has 0 saturated heterocycles. The quantitative estimate of drug-likeness (QED) is 0.259. The molecule has 2 aromatic carbocycles. The van der Waals surface area contributed by atoms with Crippen molar-refractivity contribution in [3.05, 3.63) is 107 Å². The summed E-state index contributed by atoms with van der Waals surface area (Å²) in [6.07, 6.45) is 6.17. The van der Waals surface area contributed by atoms with E-state index in [-0.39, 0.29) is 17.4 Å². The molecule has 4 aromatic rings. The third-order valence-corrected chi connectivity index (χ3v) is 4.85. The average Bonchev–Trinajstić information content (AvgIpc) is 3.43. The maximum atomic E-state index is 13.6. The van der Waals surface area contributed by atoms with Gasteiger partial charge in [0.25, 0.3) is 0 Å². The van der Waals surface area contributed by atoms with Crippen LogP contribution < -0.4 is 0 Å². The second-order valence-corrected chi connectivity index (χ2v) is 7.11. The summed E-state index contributed by atoms with van der Waals surface area (Å²) in [5.74, 6) is -1.17. The number of nitrogens with zero attached hydrogens (tertiary/aromatic N) is 4. The van der Waals surface area contributed by atoms with E-state index in [0.29, 0.717) is 18.5 Å². The van der Waals surface area contributed by atoms with Gasteiger partial charge in [-0.15, -0.1) is 10.2 Å². The number of H-pyrrole nitrogens is 1. The zero-order valence-corrected chi connectivity index (χ0v) is 16.6. The van der Waals surface area contributed by atoms with E-state index >= 15 is 0 Å². The predicted molar refractivity (Wildman–Crippen MR) is 113 cm³/mol. The van der Waals surface area contributed by atoms with Crippen molar-refractivity contribution in [1.82, 2.24) is 25.2 Å². The Morgan fingerprint density at radius 3 is 2.61 bits per heavy atom. The summed E-state index contributed by atoms with van der Waals surface area (Å²) in [5.41, 5.74) is 3.36. The first-order valence-corrected chi connectivity index (χ1v) is 9.74. The number of aryl methyl sites for hydroxylation is 2. The fourth-order valence-corrected chi connectivity index (χ4v) is 3.38. The van der Waals surface area contributed by atoms with Crippen LogP contribution in [0.4, 0.5) is 4.39 Å². The van der Waals surface area contributed by atoms with Gasteiger partial charge in [0.05, 0.1) is 0 Å². The van der Waals surface area contributed by atoms with Crippen LogP contribution in [0.2, 0.25) is 0 Å². The van der Waals surface area contributed by atoms with Crippen molar-refractivity contribution >= 4 is 11.5 Å². The Bertz CT molecular complexity index is 1200. The van der Waals surface area contributed by atoms with E-state index < -0.39 is 5.78 Å². The molecule has 0 saturated carbocycles. The maximum Gasteiger partial charge on any atom is 0.244 e. The Morgan fingerprint density at radius 2 is 1.87 bits per heavy atom. The number of rotatable bonds is 8. The zero-order chi connectivity index (χ0) is 21.6. The average molecular weight is 417 g/mol. The Kier molecular flexibility index (Phi) is 5.98. The number of aromatic nitrogens is 5. The summed E-state index contributed by atoms with van der Waals surface area (Å²) in [6, 6.07) is 16.4. The van der Waals surface area contributed by atoms with Crippen LogP contribution in [0.15, 0.2) is 73.1 Å². The molecule has 0 aliphatic heterocycles. The Balaban J connectivity index is 1.62. The van der Waals surface area contributed by atoms with Gasteiger partial charge in [0, 0.05) is 30.6 Å². The number of aliphatic hydroxyl groups excluding tert-OH is 1. The topological polar surface area (TPSA) is 96.7 Å². The van der Waals surface area contributed by atoms with Crippen LogP contribution in [-0.4, -0.2) is 36.1 Å². The molecule has 2 N–H and O–H groups in total. The van der Waals surface area contributed by atoms with Crippen molar-refractivity contribution in [2.75, 3.05) is 0 Å². The lowest BCUT2D eigenvalue weighted by Gasteiger charge is -2.04. The Morgan fingerprint density at radius 1 is 1.06 bits per heavy atom. The minimum atomic E-state index is -0.557. The molecule has 0 bridgehead atoms. The largest absolute Gasteiger partial charge is 0.507 e. The highest BCUT2D eigenvalue weighted by molar-refractivity contribution is 6.05. The van der Waals surface area contributed by atoms with Crippen molar-refractivity contribution in [2.45, 2.75) is 19.4 Å². The number of hydrogen-bond acceptors (Lipinski definition) is 5. The van der Waals surface area contributed by atoms with Crippen LogP contribution in [0.5, 0.6) is 0 Å². The van der Waals surface area contributed by atoms with E-state index in [1.165, 1.54) is 12.1 Å². The SMILES string of the molecule is O=C(C=C(O)c1cn(Cc2cccc(F)c2)cc1CCc1ccccc1)c1nn[nH]n1. The Labute approximate surface area is 177 Å². The lowest BCUT2D eigenvalue weighted by Crippen LogP contribution is -2.00. The number of nitrogens with one attached hydrogen (secondary N) is 1. The molecular weight excluding hydrogens is 397 g/mol. The van der Waals surface area contributed by atoms with Crippen molar-refractivity contribution in [2.24, 2.45) is 0 Å². The molecular formula is C23H20FN5O2. The number of tetrazole rings is 1. The van der Waals surface area contributed by atoms with E-state index in [4.69, 9.17) is 0 Å². The molecule has 0 spiro atoms. The summed E-state index contributed by atoms with van der Waals surface area (Å²) < 4.78 is 15.4. The summed E-state index contributed by atoms with van der Waals surface area (Å²) in [7, 11) is 0. The molecule has 31 heavy (non-hydrogen) atoms. The highest BCUT2D eigenvalue weighted by atomic mass is 19.1. The van der Waals surface area contributed by atoms with Crippen LogP contribution in [0, 0.1) is 5.82 Å². The number of carbonyl (C=O) groups excluding carboxylic acids is 1. The van der Waals surface area contributed by atoms with E-state index in [9.17, 15) is 14.3 Å². The highest BCUT2D eigenvalue weighted by Crippen LogP contribution is 2.22. The lowest BCUT2D eigenvalue weighted by molar-refractivity contribution is 0.103. The van der Waals surface area contributed by atoms with Gasteiger partial charge in [-0.25, -0.2) is 4.39 Å². The minimum Gasteiger partial charge on any atom is -0.507 e. The van der Waals surface area contributed by atoms with Crippen LogP contribution >= 0.6 is 0 Å². The number of aromatic amines is 1. The molecule has 0 aliphatic rings. The van der Waals surface area contributed by atoms with Crippen molar-refractivity contribution in [3.63, 3.8) is 0 Å². The van der Waals surface area contributed by atoms with Gasteiger partial charge < -0.3 is 9.67 Å². The second-order valence-electron chi connectivity index (χ2n) is 7.11. The van der Waals surface area contributed by atoms with Gasteiger partial charge in [0.2, 0.25) is 11.6 Å². The van der Waals surface area contributed by atoms with Gasteiger partial charge in [0.15, 0.2) is 0 Å². The summed E-state index contributed by atoms with van der Waals surface area (Å²) in [4.78, 5) is 12.2. The summed E-state index contributed by atoms with van der Waals surface area (Å²) in [5, 5.41) is 23.5. The molecule has 0 aliphatic carbocycles. The molecule has 0 amide bonds. The van der Waals surface area contributed by atoms with Gasteiger partial charge in [-0.05, 0) is 46.9 Å². The van der Waals surface area contributed by atoms with E-state index in [2.05, 4.69) is 20.6 Å². The van der Waals surface area contributed by atoms with Crippen molar-refractivity contribution in [3.8, 4) is 0 Å². The molecule has 0 unspecified atom stereocenters. The molecule has 7 nitrogen and oxygen atoms in total. The number of carbonyl (C=O) groups is 1. The van der Waals surface area contributed by atoms with Gasteiger partial charge >= 0.3 is 0 Å². The molecule has 0 radical (unpaired) electrons. The van der Waals surface area contributed by atoms with E-state index in [1.807, 2.05) is 47.2 Å². The van der Waals surface area contributed by atoms with E-state index in [0.717, 1.165) is 29.2 Å². The molecule has 0 fully saturated rings. The third kappa shape index (κ3) is 5.11. The molecule has 2 heterocycles. The number of aliphatic hydroxyl groups is 1. The second kappa shape index (κ2) is 9.17. The lowest BCUT2D eigenvalue weighted by atomic mass is 10.0. The van der Waals surface area contributed by atoms with Crippen molar-refractivity contribution < 1.29 is 14.3 Å². The number of hydrogen-bond donors (Lipinski definition) is 2. The first-order valence-electron chi connectivity index (χ1n) is 9.74. The smallest absolute Gasteiger partial charge is 0.244 e. The monoisotopic (exact) mass is 417 g/mol. The number of allylic oxidation sites excluding steroid dienone is 1. The maximum absolute atomic E-state index is 13.6. The first-order chi connectivity index (χ1) is 15.1. The molecule has 4 rings (SSSR count). The summed E-state index contributed by atoms with van der Waals surface area (Å²) >= 11 is 0. The Hall–Kier alpha value is -4.07. The van der Waals surface area contributed by atoms with Crippen LogP contribution in [0.25, 0.3) is 5.76 Å². The number of benzene rings is 2. The standard InChI is InChI=1S/C23H20FN5O2/c24-19-8-4-7-17(11-19)13-29-14-18(10-9-16-5-2-1-3-6-16)20(15-29)21(30)12-22(31)23-25-27-28-26-23/h1-8,11-12,14-15,30H,9-10,13H2,(H,25,26,27,28). The van der Waals surface area contributed by atoms with Crippen LogP contribution in [0.3, 0.4) is 0 Å². The number of halogens is 1. The van der Waals surface area contributed by atoms with Crippen LogP contribution in [-0.2, 0) is 19.4 Å². The van der Waals surface area contributed by atoms with Gasteiger partial charge in [-0.3, -0.25) is 4.79 Å². The normalized spacial score (nSPS) is 11.6. The van der Waals surface area contributed by atoms with E-state index in [1.54, 1.807) is 12.3 Å². The number of ketones is 1. The van der Waals surface area contributed by atoms with Crippen molar-refractivity contribution in [1.29, 1.82) is 0 Å². The van der Waals surface area contributed by atoms with Gasteiger partial charge in [-0.1, -0.05) is 42.5 Å². The molecule has 8 heteroatoms. The fraction of sp³-hybridized carbons (Fsp3) is 0.130. The van der Waals surface area contributed by atoms with Gasteiger partial charge in [0.1, 0.15) is 11.6 Å². The van der Waals surface area contributed by atoms with Crippen LogP contribution in [0.1, 0.15) is 32.9 Å². The van der Waals surface area contributed by atoms with Gasteiger partial charge in [-0.2, -0.15) is 5.21 Å².